The van der Waals surface area contributed by atoms with Gasteiger partial charge in [-0.2, -0.15) is 5.26 Å². The Bertz CT molecular complexity index is 1040. The predicted molar refractivity (Wildman–Crippen MR) is 108 cm³/mol. The third-order valence-corrected chi connectivity index (χ3v) is 4.26. The fourth-order valence-corrected chi connectivity index (χ4v) is 2.65. The van der Waals surface area contributed by atoms with Crippen LogP contribution in [0.1, 0.15) is 40.7 Å². The maximum absolute atomic E-state index is 13.6. The number of hydrogen-bond acceptors (Lipinski definition) is 6. The second-order valence-corrected chi connectivity index (χ2v) is 6.55. The summed E-state index contributed by atoms with van der Waals surface area (Å²) in [5.41, 5.74) is 1.91. The van der Waals surface area contributed by atoms with Crippen LogP contribution in [0.25, 0.3) is 0 Å². The summed E-state index contributed by atoms with van der Waals surface area (Å²) in [6.45, 7) is 2.76. The van der Waals surface area contributed by atoms with Gasteiger partial charge >= 0.3 is 5.97 Å². The van der Waals surface area contributed by atoms with Crippen molar-refractivity contribution in [3.63, 3.8) is 0 Å². The monoisotopic (exact) mass is 405 g/mol. The molecule has 3 aromatic rings. The number of aryl methyl sites for hydroxylation is 2. The summed E-state index contributed by atoms with van der Waals surface area (Å²) in [7, 11) is 0. The SMILES string of the molecule is CCCOc1ccc(CCc2cnc(C(=O)Oc3ccc(C#N)c(F)c3)nc2)cc1. The Hall–Kier alpha value is -3.79. The van der Waals surface area contributed by atoms with Crippen LogP contribution in [0.3, 0.4) is 0 Å². The molecule has 0 N–H and O–H groups in total. The van der Waals surface area contributed by atoms with Gasteiger partial charge in [0.25, 0.3) is 0 Å². The Balaban J connectivity index is 1.54. The average molecular weight is 405 g/mol. The van der Waals surface area contributed by atoms with Crippen molar-refractivity contribution in [2.75, 3.05) is 6.61 Å². The molecule has 0 spiro atoms. The zero-order valence-corrected chi connectivity index (χ0v) is 16.5. The molecule has 0 fully saturated rings. The van der Waals surface area contributed by atoms with Gasteiger partial charge in [0.05, 0.1) is 12.2 Å². The van der Waals surface area contributed by atoms with Gasteiger partial charge in [-0.1, -0.05) is 19.1 Å². The molecule has 2 aromatic carbocycles. The molecule has 1 heterocycles. The number of carbonyl (C=O) groups excluding carboxylic acids is 1. The molecule has 0 saturated carbocycles. The Labute approximate surface area is 173 Å². The van der Waals surface area contributed by atoms with E-state index < -0.39 is 11.8 Å². The van der Waals surface area contributed by atoms with Gasteiger partial charge in [-0.05, 0) is 54.7 Å². The molecule has 30 heavy (non-hydrogen) atoms. The first-order valence-corrected chi connectivity index (χ1v) is 9.53. The third kappa shape index (κ3) is 5.61. The molecule has 0 amide bonds. The van der Waals surface area contributed by atoms with Crippen molar-refractivity contribution < 1.29 is 18.7 Å². The molecular weight excluding hydrogens is 385 g/mol. The van der Waals surface area contributed by atoms with Crippen LogP contribution in [0.2, 0.25) is 0 Å². The van der Waals surface area contributed by atoms with E-state index in [1.165, 1.54) is 12.1 Å². The summed E-state index contributed by atoms with van der Waals surface area (Å²) in [6.07, 6.45) is 5.62. The Morgan fingerprint density at radius 3 is 2.33 bits per heavy atom. The van der Waals surface area contributed by atoms with Crippen molar-refractivity contribution in [3.8, 4) is 17.6 Å². The van der Waals surface area contributed by atoms with E-state index in [0.29, 0.717) is 13.0 Å². The number of hydrogen-bond donors (Lipinski definition) is 0. The molecule has 0 radical (unpaired) electrons. The van der Waals surface area contributed by atoms with E-state index in [9.17, 15) is 9.18 Å². The lowest BCUT2D eigenvalue weighted by atomic mass is 10.1. The number of ether oxygens (including phenoxy) is 2. The fraction of sp³-hybridized carbons (Fsp3) is 0.217. The Morgan fingerprint density at radius 1 is 1.03 bits per heavy atom. The quantitative estimate of drug-likeness (QED) is 0.411. The standard InChI is InChI=1S/C23H20FN3O3/c1-2-11-29-19-8-5-16(6-9-19)3-4-17-14-26-22(27-15-17)23(28)30-20-10-7-18(13-25)21(24)12-20/h5-10,12,14-15H,2-4,11H2,1H3. The molecule has 0 bridgehead atoms. The number of benzene rings is 2. The summed E-state index contributed by atoms with van der Waals surface area (Å²) in [6, 6.07) is 13.2. The maximum Gasteiger partial charge on any atom is 0.381 e. The van der Waals surface area contributed by atoms with Crippen molar-refractivity contribution in [2.24, 2.45) is 0 Å². The van der Waals surface area contributed by atoms with Crippen LogP contribution in [-0.4, -0.2) is 22.5 Å². The number of esters is 1. The summed E-state index contributed by atoms with van der Waals surface area (Å²) >= 11 is 0. The third-order valence-electron chi connectivity index (χ3n) is 4.26. The highest BCUT2D eigenvalue weighted by Crippen LogP contribution is 2.17. The van der Waals surface area contributed by atoms with Crippen LogP contribution in [0, 0.1) is 17.1 Å². The van der Waals surface area contributed by atoms with Crippen molar-refractivity contribution in [1.82, 2.24) is 9.97 Å². The molecule has 0 atom stereocenters. The lowest BCUT2D eigenvalue weighted by Gasteiger charge is -2.07. The van der Waals surface area contributed by atoms with Gasteiger partial charge in [0.15, 0.2) is 0 Å². The lowest BCUT2D eigenvalue weighted by Crippen LogP contribution is -2.13. The topological polar surface area (TPSA) is 85.1 Å². The lowest BCUT2D eigenvalue weighted by molar-refractivity contribution is 0.0721. The maximum atomic E-state index is 13.6. The van der Waals surface area contributed by atoms with Crippen molar-refractivity contribution in [2.45, 2.75) is 26.2 Å². The van der Waals surface area contributed by atoms with Crippen molar-refractivity contribution >= 4 is 5.97 Å². The molecule has 6 nitrogen and oxygen atoms in total. The molecule has 0 saturated heterocycles. The largest absolute Gasteiger partial charge is 0.494 e. The Morgan fingerprint density at radius 2 is 1.70 bits per heavy atom. The van der Waals surface area contributed by atoms with Crippen LogP contribution >= 0.6 is 0 Å². The van der Waals surface area contributed by atoms with Gasteiger partial charge in [-0.15, -0.1) is 0 Å². The van der Waals surface area contributed by atoms with E-state index in [2.05, 4.69) is 16.9 Å². The molecule has 152 valence electrons. The normalized spacial score (nSPS) is 10.3. The summed E-state index contributed by atoms with van der Waals surface area (Å²) in [4.78, 5) is 20.2. The van der Waals surface area contributed by atoms with Crippen LogP contribution in [0.4, 0.5) is 4.39 Å². The zero-order valence-electron chi connectivity index (χ0n) is 16.5. The first-order valence-electron chi connectivity index (χ1n) is 9.53. The Kier molecular flexibility index (Phi) is 7.06. The summed E-state index contributed by atoms with van der Waals surface area (Å²) < 4.78 is 24.2. The van der Waals surface area contributed by atoms with Crippen molar-refractivity contribution in [3.05, 3.63) is 83.2 Å². The van der Waals surface area contributed by atoms with E-state index in [-0.39, 0.29) is 17.1 Å². The highest BCUT2D eigenvalue weighted by atomic mass is 19.1. The van der Waals surface area contributed by atoms with E-state index in [1.807, 2.05) is 24.3 Å². The van der Waals surface area contributed by atoms with E-state index in [1.54, 1.807) is 18.5 Å². The molecular formula is C23H20FN3O3. The number of aromatic nitrogens is 2. The van der Waals surface area contributed by atoms with Crippen LogP contribution in [0.5, 0.6) is 11.5 Å². The highest BCUT2D eigenvalue weighted by molar-refractivity contribution is 5.86. The molecule has 1 aromatic heterocycles. The van der Waals surface area contributed by atoms with Gasteiger partial charge in [-0.25, -0.2) is 19.2 Å². The minimum Gasteiger partial charge on any atom is -0.494 e. The predicted octanol–water partition coefficient (Wildman–Crippen LogP) is 4.28. The van der Waals surface area contributed by atoms with Gasteiger partial charge in [0.2, 0.25) is 5.82 Å². The van der Waals surface area contributed by atoms with Crippen LogP contribution in [0.15, 0.2) is 54.9 Å². The molecule has 0 unspecified atom stereocenters. The zero-order chi connectivity index (χ0) is 21.3. The van der Waals surface area contributed by atoms with Gasteiger partial charge in [0.1, 0.15) is 23.4 Å². The summed E-state index contributed by atoms with van der Waals surface area (Å²) in [5.74, 6) is -0.845. The fourth-order valence-electron chi connectivity index (χ4n) is 2.65. The first-order chi connectivity index (χ1) is 14.6. The highest BCUT2D eigenvalue weighted by Gasteiger charge is 2.13. The second kappa shape index (κ2) is 10.1. The molecule has 7 heteroatoms. The van der Waals surface area contributed by atoms with Gasteiger partial charge in [0, 0.05) is 18.5 Å². The molecule has 0 aliphatic carbocycles. The van der Waals surface area contributed by atoms with E-state index in [0.717, 1.165) is 35.8 Å². The molecule has 3 rings (SSSR count). The van der Waals surface area contributed by atoms with E-state index in [4.69, 9.17) is 14.7 Å². The summed E-state index contributed by atoms with van der Waals surface area (Å²) in [5, 5.41) is 8.73. The number of rotatable bonds is 8. The molecule has 0 aliphatic heterocycles. The van der Waals surface area contributed by atoms with Gasteiger partial charge < -0.3 is 9.47 Å². The molecule has 0 aliphatic rings. The van der Waals surface area contributed by atoms with Crippen LogP contribution in [-0.2, 0) is 12.8 Å². The van der Waals surface area contributed by atoms with Gasteiger partial charge in [-0.3, -0.25) is 0 Å². The minimum atomic E-state index is -0.798. The smallest absolute Gasteiger partial charge is 0.381 e. The minimum absolute atomic E-state index is 0.0180. The number of nitrogens with zero attached hydrogens (tertiary/aromatic N) is 3. The number of nitriles is 1. The number of halogens is 1. The first kappa shape index (κ1) is 20.9. The van der Waals surface area contributed by atoms with Crippen molar-refractivity contribution in [1.29, 1.82) is 5.26 Å². The average Bonchev–Trinajstić information content (AvgIpc) is 2.77. The van der Waals surface area contributed by atoms with Crippen LogP contribution < -0.4 is 9.47 Å². The second-order valence-electron chi connectivity index (χ2n) is 6.55. The van der Waals surface area contributed by atoms with E-state index >= 15 is 0 Å². The number of carbonyl (C=O) groups is 1.